The molecule has 0 fully saturated rings. The molecule has 0 radical (unpaired) electrons. The average Bonchev–Trinajstić information content (AvgIpc) is 3.11. The van der Waals surface area contributed by atoms with E-state index < -0.39 is 0 Å². The van der Waals surface area contributed by atoms with Crippen LogP contribution in [0.4, 0.5) is 0 Å². The maximum absolute atomic E-state index is 5.85. The fourth-order valence-corrected chi connectivity index (χ4v) is 3.34. The molecule has 8 heteroatoms. The number of aromatic nitrogens is 3. The van der Waals surface area contributed by atoms with E-state index in [-0.39, 0.29) is 6.04 Å². The SMILES string of the molecule is CCNC(=NCCCOc1ccccc1C)NC1CCc2nc(COC)nn2C1. The molecule has 0 spiro atoms. The molecule has 29 heavy (non-hydrogen) atoms. The van der Waals surface area contributed by atoms with Gasteiger partial charge in [-0.1, -0.05) is 18.2 Å². The molecule has 1 aromatic carbocycles. The quantitative estimate of drug-likeness (QED) is 0.381. The largest absolute Gasteiger partial charge is 0.493 e. The fourth-order valence-electron chi connectivity index (χ4n) is 3.34. The molecule has 1 atom stereocenters. The van der Waals surface area contributed by atoms with Crippen LogP contribution in [0.1, 0.15) is 37.0 Å². The van der Waals surface area contributed by atoms with Crippen molar-refractivity contribution in [2.75, 3.05) is 26.8 Å². The lowest BCUT2D eigenvalue weighted by atomic mass is 10.1. The maximum Gasteiger partial charge on any atom is 0.191 e. The number of rotatable bonds is 9. The van der Waals surface area contributed by atoms with Crippen molar-refractivity contribution in [2.45, 2.75) is 52.3 Å². The Morgan fingerprint density at radius 1 is 1.34 bits per heavy atom. The molecule has 0 saturated heterocycles. The Balaban J connectivity index is 1.47. The zero-order valence-electron chi connectivity index (χ0n) is 17.6. The molecule has 2 N–H and O–H groups in total. The summed E-state index contributed by atoms with van der Waals surface area (Å²) in [5.74, 6) is 3.57. The van der Waals surface area contributed by atoms with E-state index in [1.807, 2.05) is 22.9 Å². The first-order valence-corrected chi connectivity index (χ1v) is 10.3. The van der Waals surface area contributed by atoms with Gasteiger partial charge in [-0.15, -0.1) is 0 Å². The third-order valence-electron chi connectivity index (χ3n) is 4.78. The van der Waals surface area contributed by atoms with E-state index in [2.05, 4.69) is 40.6 Å². The summed E-state index contributed by atoms with van der Waals surface area (Å²) in [4.78, 5) is 9.23. The summed E-state index contributed by atoms with van der Waals surface area (Å²) in [5.41, 5.74) is 1.16. The van der Waals surface area contributed by atoms with Gasteiger partial charge in [0.1, 0.15) is 18.2 Å². The van der Waals surface area contributed by atoms with E-state index in [0.717, 1.165) is 61.3 Å². The molecule has 0 amide bonds. The summed E-state index contributed by atoms with van der Waals surface area (Å²) < 4.78 is 13.0. The molecular formula is C21H32N6O2. The highest BCUT2D eigenvalue weighted by atomic mass is 16.5. The van der Waals surface area contributed by atoms with Crippen LogP contribution in [-0.2, 0) is 24.3 Å². The van der Waals surface area contributed by atoms with Crippen LogP contribution >= 0.6 is 0 Å². The highest BCUT2D eigenvalue weighted by molar-refractivity contribution is 5.80. The minimum atomic E-state index is 0.278. The molecule has 1 aliphatic heterocycles. The van der Waals surface area contributed by atoms with Crippen LogP contribution in [0, 0.1) is 6.92 Å². The summed E-state index contributed by atoms with van der Waals surface area (Å²) in [6.45, 7) is 7.56. The minimum Gasteiger partial charge on any atom is -0.493 e. The lowest BCUT2D eigenvalue weighted by Crippen LogP contribution is -2.47. The average molecular weight is 401 g/mol. The van der Waals surface area contributed by atoms with E-state index in [0.29, 0.717) is 19.8 Å². The topological polar surface area (TPSA) is 85.6 Å². The molecule has 0 aliphatic carbocycles. The van der Waals surface area contributed by atoms with E-state index >= 15 is 0 Å². The molecule has 1 unspecified atom stereocenters. The number of hydrogen-bond donors (Lipinski definition) is 2. The summed E-state index contributed by atoms with van der Waals surface area (Å²) >= 11 is 0. The second-order valence-corrected chi connectivity index (χ2v) is 7.17. The molecule has 2 aromatic rings. The van der Waals surface area contributed by atoms with Crippen molar-refractivity contribution < 1.29 is 9.47 Å². The third kappa shape index (κ3) is 6.19. The van der Waals surface area contributed by atoms with Gasteiger partial charge in [0, 0.05) is 39.1 Å². The summed E-state index contributed by atoms with van der Waals surface area (Å²) in [7, 11) is 1.66. The van der Waals surface area contributed by atoms with E-state index in [1.165, 1.54) is 0 Å². The predicted octanol–water partition coefficient (Wildman–Crippen LogP) is 2.07. The van der Waals surface area contributed by atoms with Crippen molar-refractivity contribution >= 4 is 5.96 Å². The van der Waals surface area contributed by atoms with Crippen molar-refractivity contribution in [3.05, 3.63) is 41.5 Å². The number of guanidine groups is 1. The smallest absolute Gasteiger partial charge is 0.191 e. The summed E-state index contributed by atoms with van der Waals surface area (Å²) in [6, 6.07) is 8.36. The monoisotopic (exact) mass is 400 g/mol. The lowest BCUT2D eigenvalue weighted by Gasteiger charge is -2.25. The third-order valence-corrected chi connectivity index (χ3v) is 4.78. The molecule has 8 nitrogen and oxygen atoms in total. The normalized spacial score (nSPS) is 16.4. The molecule has 2 heterocycles. The molecule has 1 aromatic heterocycles. The van der Waals surface area contributed by atoms with Gasteiger partial charge in [0.25, 0.3) is 0 Å². The van der Waals surface area contributed by atoms with Crippen molar-refractivity contribution in [3.8, 4) is 5.75 Å². The Hall–Kier alpha value is -2.61. The van der Waals surface area contributed by atoms with Crippen LogP contribution in [0.2, 0.25) is 0 Å². The van der Waals surface area contributed by atoms with Crippen LogP contribution in [0.25, 0.3) is 0 Å². The first-order valence-electron chi connectivity index (χ1n) is 10.3. The zero-order valence-corrected chi connectivity index (χ0v) is 17.6. The Bertz CT molecular complexity index is 804. The summed E-state index contributed by atoms with van der Waals surface area (Å²) in [5, 5.41) is 11.4. The van der Waals surface area contributed by atoms with Crippen LogP contribution in [0.3, 0.4) is 0 Å². The van der Waals surface area contributed by atoms with Gasteiger partial charge in [-0.05, 0) is 31.9 Å². The molecule has 0 saturated carbocycles. The summed E-state index contributed by atoms with van der Waals surface area (Å²) in [6.07, 6.45) is 2.77. The molecular weight excluding hydrogens is 368 g/mol. The van der Waals surface area contributed by atoms with Crippen LogP contribution in [0.5, 0.6) is 5.75 Å². The number of nitrogens with one attached hydrogen (secondary N) is 2. The minimum absolute atomic E-state index is 0.278. The standard InChI is InChI=1S/C21H32N6O2/c1-4-22-21(23-12-7-13-29-18-9-6-5-8-16(18)2)24-17-10-11-20-25-19(15-28-3)26-27(20)14-17/h5-6,8-9,17H,4,7,10-15H2,1-3H3,(H2,22,23,24). The number of aryl methyl sites for hydroxylation is 2. The van der Waals surface area contributed by atoms with Gasteiger partial charge in [0.05, 0.1) is 13.2 Å². The number of ether oxygens (including phenoxy) is 2. The van der Waals surface area contributed by atoms with Gasteiger partial charge in [-0.2, -0.15) is 5.10 Å². The fraction of sp³-hybridized carbons (Fsp3) is 0.571. The molecule has 158 valence electrons. The number of para-hydroxylation sites is 1. The Morgan fingerprint density at radius 2 is 2.21 bits per heavy atom. The number of methoxy groups -OCH3 is 1. The van der Waals surface area contributed by atoms with Gasteiger partial charge in [-0.25, -0.2) is 9.67 Å². The van der Waals surface area contributed by atoms with Gasteiger partial charge in [-0.3, -0.25) is 4.99 Å². The molecule has 0 bridgehead atoms. The van der Waals surface area contributed by atoms with E-state index in [1.54, 1.807) is 7.11 Å². The van der Waals surface area contributed by atoms with Gasteiger partial charge < -0.3 is 20.1 Å². The second-order valence-electron chi connectivity index (χ2n) is 7.17. The van der Waals surface area contributed by atoms with Crippen LogP contribution in [-0.4, -0.2) is 53.6 Å². The van der Waals surface area contributed by atoms with Crippen molar-refractivity contribution in [3.63, 3.8) is 0 Å². The highest BCUT2D eigenvalue weighted by Gasteiger charge is 2.22. The Labute approximate surface area is 172 Å². The maximum atomic E-state index is 5.85. The van der Waals surface area contributed by atoms with Crippen LogP contribution in [0.15, 0.2) is 29.3 Å². The van der Waals surface area contributed by atoms with Crippen molar-refractivity contribution in [1.29, 1.82) is 0 Å². The van der Waals surface area contributed by atoms with E-state index in [9.17, 15) is 0 Å². The molecule has 3 rings (SSSR count). The molecule has 1 aliphatic rings. The van der Waals surface area contributed by atoms with Gasteiger partial charge in [0.15, 0.2) is 11.8 Å². The van der Waals surface area contributed by atoms with E-state index in [4.69, 9.17) is 14.5 Å². The predicted molar refractivity (Wildman–Crippen MR) is 113 cm³/mol. The van der Waals surface area contributed by atoms with Crippen LogP contribution < -0.4 is 15.4 Å². The number of nitrogens with zero attached hydrogens (tertiary/aromatic N) is 4. The number of benzene rings is 1. The first-order chi connectivity index (χ1) is 14.2. The Kier molecular flexibility index (Phi) is 7.86. The first kappa shape index (κ1) is 21.1. The van der Waals surface area contributed by atoms with Crippen molar-refractivity contribution in [1.82, 2.24) is 25.4 Å². The number of hydrogen-bond acceptors (Lipinski definition) is 5. The Morgan fingerprint density at radius 3 is 3.00 bits per heavy atom. The lowest BCUT2D eigenvalue weighted by molar-refractivity contribution is 0.177. The van der Waals surface area contributed by atoms with Gasteiger partial charge >= 0.3 is 0 Å². The number of fused-ring (bicyclic) bond motifs is 1. The van der Waals surface area contributed by atoms with Gasteiger partial charge in [0.2, 0.25) is 0 Å². The number of aliphatic imine (C=N–C) groups is 1. The second kappa shape index (κ2) is 10.8. The zero-order chi connectivity index (χ0) is 20.5. The van der Waals surface area contributed by atoms with Crippen molar-refractivity contribution in [2.24, 2.45) is 4.99 Å². The highest BCUT2D eigenvalue weighted by Crippen LogP contribution is 2.16.